The molecule has 1 aromatic carbocycles. The van der Waals surface area contributed by atoms with Crippen molar-refractivity contribution < 1.29 is 9.53 Å². The van der Waals surface area contributed by atoms with Crippen molar-refractivity contribution in [1.29, 1.82) is 0 Å². The molecule has 0 aliphatic heterocycles. The van der Waals surface area contributed by atoms with E-state index in [9.17, 15) is 4.79 Å². The lowest BCUT2D eigenvalue weighted by Gasteiger charge is -2.04. The van der Waals surface area contributed by atoms with Gasteiger partial charge in [-0.3, -0.25) is 4.79 Å². The Kier molecular flexibility index (Phi) is 3.26. The summed E-state index contributed by atoms with van der Waals surface area (Å²) in [7, 11) is 1.56. The van der Waals surface area contributed by atoms with E-state index in [1.165, 1.54) is 13.0 Å². The molecule has 2 heteroatoms. The molecule has 0 spiro atoms. The van der Waals surface area contributed by atoms with Crippen molar-refractivity contribution in [3.63, 3.8) is 0 Å². The van der Waals surface area contributed by atoms with Crippen molar-refractivity contribution in [3.05, 3.63) is 42.0 Å². The van der Waals surface area contributed by atoms with E-state index in [1.807, 2.05) is 30.3 Å². The van der Waals surface area contributed by atoms with Gasteiger partial charge in [-0.05, 0) is 6.92 Å². The fourth-order valence-electron chi connectivity index (χ4n) is 1.05. The molecule has 0 aliphatic carbocycles. The van der Waals surface area contributed by atoms with Gasteiger partial charge in [0.1, 0.15) is 5.76 Å². The van der Waals surface area contributed by atoms with Gasteiger partial charge in [-0.15, -0.1) is 0 Å². The number of carbonyl (C=O) groups excluding carboxylic acids is 1. The molecular formula is C11H12O2. The second-order valence-corrected chi connectivity index (χ2v) is 2.69. The Morgan fingerprint density at radius 2 is 1.92 bits per heavy atom. The zero-order valence-electron chi connectivity index (χ0n) is 7.78. The monoisotopic (exact) mass is 176 g/mol. The maximum absolute atomic E-state index is 10.8. The second-order valence-electron chi connectivity index (χ2n) is 2.69. The number of hydrogen-bond acceptors (Lipinski definition) is 2. The van der Waals surface area contributed by atoms with Gasteiger partial charge in [-0.25, -0.2) is 0 Å². The Morgan fingerprint density at radius 3 is 2.38 bits per heavy atom. The lowest BCUT2D eigenvalue weighted by molar-refractivity contribution is -0.112. The summed E-state index contributed by atoms with van der Waals surface area (Å²) in [6.07, 6.45) is 1.48. The third-order valence-corrected chi connectivity index (χ3v) is 1.61. The number of carbonyl (C=O) groups is 1. The molecule has 0 bridgehead atoms. The number of methoxy groups -OCH3 is 1. The van der Waals surface area contributed by atoms with Crippen LogP contribution in [0, 0.1) is 0 Å². The summed E-state index contributed by atoms with van der Waals surface area (Å²) in [6, 6.07) is 9.53. The minimum atomic E-state index is -0.0132. The van der Waals surface area contributed by atoms with Crippen LogP contribution in [0.1, 0.15) is 12.5 Å². The highest BCUT2D eigenvalue weighted by Crippen LogP contribution is 2.13. The maximum atomic E-state index is 10.8. The van der Waals surface area contributed by atoms with Crippen LogP contribution in [0.3, 0.4) is 0 Å². The van der Waals surface area contributed by atoms with E-state index >= 15 is 0 Å². The SMILES string of the molecule is CO/C(=C/C(C)=O)c1ccccc1. The van der Waals surface area contributed by atoms with Gasteiger partial charge in [0.25, 0.3) is 0 Å². The molecule has 0 N–H and O–H groups in total. The number of ether oxygens (including phenoxy) is 1. The van der Waals surface area contributed by atoms with Crippen LogP contribution >= 0.6 is 0 Å². The van der Waals surface area contributed by atoms with Crippen molar-refractivity contribution in [3.8, 4) is 0 Å². The molecule has 0 fully saturated rings. The first-order chi connectivity index (χ1) is 6.24. The van der Waals surface area contributed by atoms with Crippen LogP contribution in [0.25, 0.3) is 5.76 Å². The number of hydrogen-bond donors (Lipinski definition) is 0. The first-order valence-corrected chi connectivity index (χ1v) is 4.05. The molecule has 0 radical (unpaired) electrons. The molecule has 68 valence electrons. The fraction of sp³-hybridized carbons (Fsp3) is 0.182. The second kappa shape index (κ2) is 4.45. The van der Waals surface area contributed by atoms with Crippen LogP contribution in [0.5, 0.6) is 0 Å². The summed E-state index contributed by atoms with van der Waals surface area (Å²) in [4.78, 5) is 10.8. The van der Waals surface area contributed by atoms with Crippen LogP contribution in [-0.4, -0.2) is 12.9 Å². The Bertz CT molecular complexity index is 312. The van der Waals surface area contributed by atoms with Gasteiger partial charge in [-0.1, -0.05) is 30.3 Å². The first kappa shape index (κ1) is 9.52. The Hall–Kier alpha value is -1.57. The predicted molar refractivity (Wildman–Crippen MR) is 52.1 cm³/mol. The van der Waals surface area contributed by atoms with E-state index in [2.05, 4.69) is 0 Å². The van der Waals surface area contributed by atoms with Gasteiger partial charge in [0.05, 0.1) is 7.11 Å². The lowest BCUT2D eigenvalue weighted by Crippen LogP contribution is -1.91. The summed E-state index contributed by atoms with van der Waals surface area (Å²) >= 11 is 0. The molecule has 0 amide bonds. The highest BCUT2D eigenvalue weighted by molar-refractivity contribution is 5.93. The minimum absolute atomic E-state index is 0.0132. The zero-order chi connectivity index (χ0) is 9.68. The van der Waals surface area contributed by atoms with E-state index in [-0.39, 0.29) is 5.78 Å². The van der Waals surface area contributed by atoms with Crippen LogP contribution < -0.4 is 0 Å². The Labute approximate surface area is 77.8 Å². The molecule has 0 unspecified atom stereocenters. The summed E-state index contributed by atoms with van der Waals surface area (Å²) in [6.45, 7) is 1.50. The lowest BCUT2D eigenvalue weighted by atomic mass is 10.1. The van der Waals surface area contributed by atoms with E-state index in [0.717, 1.165) is 5.56 Å². The molecule has 13 heavy (non-hydrogen) atoms. The third kappa shape index (κ3) is 2.75. The Morgan fingerprint density at radius 1 is 1.31 bits per heavy atom. The maximum Gasteiger partial charge on any atom is 0.156 e. The van der Waals surface area contributed by atoms with Gasteiger partial charge in [0.15, 0.2) is 5.78 Å². The van der Waals surface area contributed by atoms with Crippen LogP contribution in [0.15, 0.2) is 36.4 Å². The first-order valence-electron chi connectivity index (χ1n) is 4.05. The van der Waals surface area contributed by atoms with Gasteiger partial charge in [0.2, 0.25) is 0 Å². The van der Waals surface area contributed by atoms with Gasteiger partial charge in [-0.2, -0.15) is 0 Å². The van der Waals surface area contributed by atoms with E-state index in [0.29, 0.717) is 5.76 Å². The molecular weight excluding hydrogens is 164 g/mol. The highest BCUT2D eigenvalue weighted by atomic mass is 16.5. The van der Waals surface area contributed by atoms with Crippen LogP contribution in [-0.2, 0) is 9.53 Å². The van der Waals surface area contributed by atoms with Crippen LogP contribution in [0.2, 0.25) is 0 Å². The summed E-state index contributed by atoms with van der Waals surface area (Å²) in [5.41, 5.74) is 0.917. The van der Waals surface area contributed by atoms with E-state index in [4.69, 9.17) is 4.74 Å². The van der Waals surface area contributed by atoms with E-state index in [1.54, 1.807) is 7.11 Å². The molecule has 0 saturated carbocycles. The Balaban J connectivity index is 2.98. The smallest absolute Gasteiger partial charge is 0.156 e. The number of rotatable bonds is 3. The zero-order valence-corrected chi connectivity index (χ0v) is 7.78. The number of benzene rings is 1. The molecule has 0 aliphatic rings. The number of ketones is 1. The van der Waals surface area contributed by atoms with Gasteiger partial charge in [0, 0.05) is 11.6 Å². The number of allylic oxidation sites excluding steroid dienone is 1. The average molecular weight is 176 g/mol. The standard InChI is InChI=1S/C11H12O2/c1-9(12)8-11(13-2)10-6-4-3-5-7-10/h3-8H,1-2H3/b11-8+. The predicted octanol–water partition coefficient (Wildman–Crippen LogP) is 2.26. The topological polar surface area (TPSA) is 26.3 Å². The third-order valence-electron chi connectivity index (χ3n) is 1.61. The minimum Gasteiger partial charge on any atom is -0.496 e. The molecule has 2 nitrogen and oxygen atoms in total. The largest absolute Gasteiger partial charge is 0.496 e. The molecule has 1 aromatic rings. The quantitative estimate of drug-likeness (QED) is 0.521. The molecule has 0 aromatic heterocycles. The van der Waals surface area contributed by atoms with Crippen molar-refractivity contribution in [1.82, 2.24) is 0 Å². The van der Waals surface area contributed by atoms with Gasteiger partial charge < -0.3 is 4.74 Å². The molecule has 0 atom stereocenters. The highest BCUT2D eigenvalue weighted by Gasteiger charge is 2.00. The molecule has 0 heterocycles. The normalized spacial score (nSPS) is 11.1. The average Bonchev–Trinajstić information content (AvgIpc) is 2.15. The van der Waals surface area contributed by atoms with Gasteiger partial charge >= 0.3 is 0 Å². The van der Waals surface area contributed by atoms with Crippen molar-refractivity contribution in [2.24, 2.45) is 0 Å². The van der Waals surface area contributed by atoms with Crippen molar-refractivity contribution in [2.45, 2.75) is 6.92 Å². The molecule has 0 saturated heterocycles. The van der Waals surface area contributed by atoms with Crippen molar-refractivity contribution in [2.75, 3.05) is 7.11 Å². The van der Waals surface area contributed by atoms with Crippen LogP contribution in [0.4, 0.5) is 0 Å². The fourth-order valence-corrected chi connectivity index (χ4v) is 1.05. The summed E-state index contributed by atoms with van der Waals surface area (Å²) in [5.74, 6) is 0.591. The molecule has 1 rings (SSSR count). The summed E-state index contributed by atoms with van der Waals surface area (Å²) in [5, 5.41) is 0. The van der Waals surface area contributed by atoms with E-state index < -0.39 is 0 Å². The summed E-state index contributed by atoms with van der Waals surface area (Å²) < 4.78 is 5.09. The van der Waals surface area contributed by atoms with Crippen molar-refractivity contribution >= 4 is 11.5 Å².